The standard InChI is InChI=1S/C19H18N6OS/c1-12-16(13(2)25-19(23-12)21-11-22-25)7-8-17(26)24-15-5-3-14(4-6-15)18-20-9-10-27-18/h3-6,9-11H,7-8H2,1-2H3,(H,24,26). The summed E-state index contributed by atoms with van der Waals surface area (Å²) in [4.78, 5) is 25.2. The number of aryl methyl sites for hydroxylation is 2. The lowest BCUT2D eigenvalue weighted by molar-refractivity contribution is -0.116. The van der Waals surface area contributed by atoms with E-state index in [9.17, 15) is 4.79 Å². The number of aromatic nitrogens is 5. The maximum Gasteiger partial charge on any atom is 0.252 e. The lowest BCUT2D eigenvalue weighted by Gasteiger charge is -2.10. The van der Waals surface area contributed by atoms with Crippen LogP contribution in [0.5, 0.6) is 0 Å². The number of benzene rings is 1. The molecule has 1 N–H and O–H groups in total. The molecule has 0 aliphatic carbocycles. The number of hydrogen-bond acceptors (Lipinski definition) is 6. The van der Waals surface area contributed by atoms with Crippen LogP contribution in [0.25, 0.3) is 16.3 Å². The number of nitrogens with one attached hydrogen (secondary N) is 1. The molecule has 4 aromatic rings. The van der Waals surface area contributed by atoms with Crippen LogP contribution in [0, 0.1) is 13.8 Å². The average Bonchev–Trinajstić information content (AvgIpc) is 3.34. The molecule has 3 heterocycles. The third-order valence-corrected chi connectivity index (χ3v) is 5.26. The highest BCUT2D eigenvalue weighted by Crippen LogP contribution is 2.23. The average molecular weight is 378 g/mol. The lowest BCUT2D eigenvalue weighted by atomic mass is 10.1. The minimum Gasteiger partial charge on any atom is -0.326 e. The number of hydrogen-bond donors (Lipinski definition) is 1. The summed E-state index contributed by atoms with van der Waals surface area (Å²) >= 11 is 1.59. The molecule has 0 saturated carbocycles. The summed E-state index contributed by atoms with van der Waals surface area (Å²) < 4.78 is 1.71. The number of rotatable bonds is 5. The van der Waals surface area contributed by atoms with Gasteiger partial charge in [-0.25, -0.2) is 14.5 Å². The van der Waals surface area contributed by atoms with Crippen molar-refractivity contribution in [1.82, 2.24) is 24.6 Å². The lowest BCUT2D eigenvalue weighted by Crippen LogP contribution is -2.14. The Labute approximate surface area is 160 Å². The zero-order chi connectivity index (χ0) is 18.8. The molecule has 8 heteroatoms. The van der Waals surface area contributed by atoms with Gasteiger partial charge in [-0.15, -0.1) is 11.3 Å². The molecule has 0 spiro atoms. The van der Waals surface area contributed by atoms with Crippen LogP contribution in [0.15, 0.2) is 42.2 Å². The van der Waals surface area contributed by atoms with Crippen molar-refractivity contribution in [2.75, 3.05) is 5.32 Å². The number of nitrogens with zero attached hydrogens (tertiary/aromatic N) is 5. The Morgan fingerprint density at radius 2 is 2.00 bits per heavy atom. The summed E-state index contributed by atoms with van der Waals surface area (Å²) in [5, 5.41) is 10.0. The number of anilines is 1. The normalized spacial score (nSPS) is 11.0. The number of carbonyl (C=O) groups excluding carboxylic acids is 1. The van der Waals surface area contributed by atoms with Gasteiger partial charge < -0.3 is 5.32 Å². The molecule has 0 aliphatic heterocycles. The maximum atomic E-state index is 12.4. The molecule has 136 valence electrons. The quantitative estimate of drug-likeness (QED) is 0.575. The van der Waals surface area contributed by atoms with Crippen molar-refractivity contribution in [3.63, 3.8) is 0 Å². The molecule has 4 rings (SSSR count). The zero-order valence-corrected chi connectivity index (χ0v) is 15.8. The molecule has 0 radical (unpaired) electrons. The summed E-state index contributed by atoms with van der Waals surface area (Å²) in [6.07, 6.45) is 4.24. The first-order valence-corrected chi connectivity index (χ1v) is 9.45. The van der Waals surface area contributed by atoms with Gasteiger partial charge in [0.05, 0.1) is 0 Å². The highest BCUT2D eigenvalue weighted by Gasteiger charge is 2.12. The Kier molecular flexibility index (Phi) is 4.64. The van der Waals surface area contributed by atoms with E-state index in [2.05, 4.69) is 25.4 Å². The van der Waals surface area contributed by atoms with E-state index in [1.54, 1.807) is 22.0 Å². The second-order valence-electron chi connectivity index (χ2n) is 6.20. The van der Waals surface area contributed by atoms with E-state index >= 15 is 0 Å². The van der Waals surface area contributed by atoms with Crippen molar-refractivity contribution in [1.29, 1.82) is 0 Å². The third-order valence-electron chi connectivity index (χ3n) is 4.44. The Bertz CT molecular complexity index is 1090. The van der Waals surface area contributed by atoms with Crippen molar-refractivity contribution in [3.8, 4) is 10.6 Å². The Balaban J connectivity index is 1.41. The molecule has 0 saturated heterocycles. The predicted octanol–water partition coefficient (Wildman–Crippen LogP) is 3.44. The Morgan fingerprint density at radius 3 is 2.74 bits per heavy atom. The molecular weight excluding hydrogens is 360 g/mol. The number of amides is 1. The van der Waals surface area contributed by atoms with Crippen molar-refractivity contribution < 1.29 is 4.79 Å². The first-order valence-electron chi connectivity index (χ1n) is 8.57. The summed E-state index contributed by atoms with van der Waals surface area (Å²) in [6.45, 7) is 3.91. The molecule has 3 aromatic heterocycles. The largest absolute Gasteiger partial charge is 0.326 e. The summed E-state index contributed by atoms with van der Waals surface area (Å²) in [7, 11) is 0. The van der Waals surface area contributed by atoms with Gasteiger partial charge >= 0.3 is 0 Å². The van der Waals surface area contributed by atoms with E-state index < -0.39 is 0 Å². The van der Waals surface area contributed by atoms with Crippen molar-refractivity contribution in [2.24, 2.45) is 0 Å². The smallest absolute Gasteiger partial charge is 0.252 e. The van der Waals surface area contributed by atoms with Gasteiger partial charge in [0, 0.05) is 40.6 Å². The molecule has 1 aromatic carbocycles. The Hall–Kier alpha value is -3.13. The van der Waals surface area contributed by atoms with E-state index in [1.165, 1.54) is 6.33 Å². The molecular formula is C19H18N6OS. The molecule has 0 aliphatic rings. The second-order valence-corrected chi connectivity index (χ2v) is 7.09. The van der Waals surface area contributed by atoms with Gasteiger partial charge in [0.2, 0.25) is 5.91 Å². The fourth-order valence-corrected chi connectivity index (χ4v) is 3.69. The minimum atomic E-state index is -0.0329. The maximum absolute atomic E-state index is 12.4. The molecule has 27 heavy (non-hydrogen) atoms. The molecule has 7 nitrogen and oxygen atoms in total. The zero-order valence-electron chi connectivity index (χ0n) is 15.0. The predicted molar refractivity (Wildman–Crippen MR) is 105 cm³/mol. The summed E-state index contributed by atoms with van der Waals surface area (Å²) in [5.74, 6) is 0.549. The summed E-state index contributed by atoms with van der Waals surface area (Å²) in [6, 6.07) is 7.72. The van der Waals surface area contributed by atoms with Gasteiger partial charge in [-0.05, 0) is 50.1 Å². The van der Waals surface area contributed by atoms with E-state index in [0.717, 1.165) is 33.2 Å². The fourth-order valence-electron chi connectivity index (χ4n) is 3.04. The van der Waals surface area contributed by atoms with Crippen LogP contribution < -0.4 is 5.32 Å². The second kappa shape index (κ2) is 7.24. The van der Waals surface area contributed by atoms with Gasteiger partial charge in [-0.1, -0.05) is 0 Å². The van der Waals surface area contributed by atoms with Crippen LogP contribution in [-0.4, -0.2) is 30.5 Å². The van der Waals surface area contributed by atoms with E-state index in [4.69, 9.17) is 0 Å². The SMILES string of the molecule is Cc1nc2ncnn2c(C)c1CCC(=O)Nc1ccc(-c2nccs2)cc1. The minimum absolute atomic E-state index is 0.0329. The first-order chi connectivity index (χ1) is 13.1. The van der Waals surface area contributed by atoms with Crippen molar-refractivity contribution >= 4 is 28.7 Å². The van der Waals surface area contributed by atoms with Crippen LogP contribution in [0.4, 0.5) is 5.69 Å². The first kappa shape index (κ1) is 17.3. The van der Waals surface area contributed by atoms with E-state index in [-0.39, 0.29) is 5.91 Å². The van der Waals surface area contributed by atoms with Gasteiger partial charge in [0.25, 0.3) is 5.78 Å². The Morgan fingerprint density at radius 1 is 1.19 bits per heavy atom. The van der Waals surface area contributed by atoms with Crippen molar-refractivity contribution in [2.45, 2.75) is 26.7 Å². The van der Waals surface area contributed by atoms with Crippen LogP contribution in [0.2, 0.25) is 0 Å². The number of carbonyl (C=O) groups is 1. The van der Waals surface area contributed by atoms with Crippen LogP contribution in [-0.2, 0) is 11.2 Å². The van der Waals surface area contributed by atoms with E-state index in [1.807, 2.05) is 43.5 Å². The highest BCUT2D eigenvalue weighted by atomic mass is 32.1. The monoisotopic (exact) mass is 378 g/mol. The molecule has 1 amide bonds. The molecule has 0 atom stereocenters. The van der Waals surface area contributed by atoms with Gasteiger partial charge in [-0.3, -0.25) is 4.79 Å². The number of fused-ring (bicyclic) bond motifs is 1. The van der Waals surface area contributed by atoms with Crippen LogP contribution in [0.1, 0.15) is 23.4 Å². The van der Waals surface area contributed by atoms with Crippen molar-refractivity contribution in [3.05, 3.63) is 59.1 Å². The molecule has 0 fully saturated rings. The van der Waals surface area contributed by atoms with Gasteiger partial charge in [0.15, 0.2) is 0 Å². The molecule has 0 bridgehead atoms. The summed E-state index contributed by atoms with van der Waals surface area (Å²) in [5.41, 5.74) is 4.70. The third kappa shape index (κ3) is 3.56. The van der Waals surface area contributed by atoms with Crippen LogP contribution >= 0.6 is 11.3 Å². The van der Waals surface area contributed by atoms with Gasteiger partial charge in [0.1, 0.15) is 11.3 Å². The molecule has 0 unspecified atom stereocenters. The highest BCUT2D eigenvalue weighted by molar-refractivity contribution is 7.13. The number of thiazole rings is 1. The fraction of sp³-hybridized carbons (Fsp3) is 0.211. The van der Waals surface area contributed by atoms with E-state index in [0.29, 0.717) is 18.6 Å². The van der Waals surface area contributed by atoms with Crippen LogP contribution in [0.3, 0.4) is 0 Å². The topological polar surface area (TPSA) is 85.1 Å². The van der Waals surface area contributed by atoms with Gasteiger partial charge in [-0.2, -0.15) is 10.1 Å².